The zero-order valence-electron chi connectivity index (χ0n) is 15.5. The van der Waals surface area contributed by atoms with Crippen molar-refractivity contribution in [2.24, 2.45) is 0 Å². The van der Waals surface area contributed by atoms with Gasteiger partial charge in [0, 0.05) is 18.6 Å². The average molecular weight is 385 g/mol. The molecule has 0 aromatic heterocycles. The maximum absolute atomic E-state index is 13.3. The number of likely N-dealkylation sites (N-methyl/N-ethyl adjacent to an activating group) is 1. The molecule has 0 spiro atoms. The molecule has 1 aliphatic heterocycles. The Morgan fingerprint density at radius 1 is 1.04 bits per heavy atom. The minimum atomic E-state index is -0.394. The van der Waals surface area contributed by atoms with Crippen molar-refractivity contribution >= 4 is 34.7 Å². The van der Waals surface area contributed by atoms with Gasteiger partial charge in [-0.2, -0.15) is 0 Å². The molecule has 2 amide bonds. The van der Waals surface area contributed by atoms with Crippen LogP contribution in [0.4, 0.5) is 5.69 Å². The Hall–Kier alpha value is -2.63. The Kier molecular flexibility index (Phi) is 5.35. The summed E-state index contributed by atoms with van der Waals surface area (Å²) in [6.45, 7) is 3.95. The van der Waals surface area contributed by atoms with Gasteiger partial charge in [0.05, 0.1) is 17.9 Å². The predicted molar refractivity (Wildman–Crippen MR) is 106 cm³/mol. The fourth-order valence-electron chi connectivity index (χ4n) is 3.21. The highest BCUT2D eigenvalue weighted by molar-refractivity contribution is 6.45. The van der Waals surface area contributed by atoms with E-state index in [1.165, 1.54) is 4.90 Å². The third-order valence-corrected chi connectivity index (χ3v) is 5.08. The van der Waals surface area contributed by atoms with E-state index >= 15 is 0 Å². The number of amides is 2. The van der Waals surface area contributed by atoms with E-state index in [0.29, 0.717) is 21.8 Å². The van der Waals surface area contributed by atoms with Crippen molar-refractivity contribution in [2.75, 3.05) is 25.1 Å². The van der Waals surface area contributed by atoms with Crippen molar-refractivity contribution in [3.63, 3.8) is 0 Å². The van der Waals surface area contributed by atoms with Crippen LogP contribution in [-0.2, 0) is 9.59 Å². The lowest BCUT2D eigenvalue weighted by molar-refractivity contribution is -0.120. The minimum absolute atomic E-state index is 0.126. The van der Waals surface area contributed by atoms with Crippen molar-refractivity contribution in [2.45, 2.75) is 13.8 Å². The Morgan fingerprint density at radius 2 is 1.70 bits per heavy atom. The molecule has 1 N–H and O–H groups in total. The minimum Gasteiger partial charge on any atom is -0.395 e. The second-order valence-electron chi connectivity index (χ2n) is 6.54. The average Bonchev–Trinajstić information content (AvgIpc) is 2.89. The summed E-state index contributed by atoms with van der Waals surface area (Å²) in [5.41, 5.74) is 3.65. The quantitative estimate of drug-likeness (QED) is 0.804. The highest BCUT2D eigenvalue weighted by atomic mass is 35.5. The number of nitrogens with zero attached hydrogens (tertiary/aromatic N) is 2. The Bertz CT molecular complexity index is 935. The van der Waals surface area contributed by atoms with Crippen molar-refractivity contribution in [3.05, 3.63) is 69.9 Å². The third-order valence-electron chi connectivity index (χ3n) is 4.83. The van der Waals surface area contributed by atoms with E-state index in [2.05, 4.69) is 0 Å². The number of halogens is 1. The molecule has 0 atom stereocenters. The summed E-state index contributed by atoms with van der Waals surface area (Å²) in [6, 6.07) is 12.4. The number of rotatable bonds is 5. The molecule has 0 saturated carbocycles. The maximum atomic E-state index is 13.3. The zero-order valence-corrected chi connectivity index (χ0v) is 16.2. The second kappa shape index (κ2) is 7.55. The van der Waals surface area contributed by atoms with Crippen LogP contribution in [-0.4, -0.2) is 42.0 Å². The molecule has 5 nitrogen and oxygen atoms in total. The van der Waals surface area contributed by atoms with Gasteiger partial charge in [-0.05, 0) is 48.7 Å². The number of hydrogen-bond acceptors (Lipinski definition) is 4. The van der Waals surface area contributed by atoms with Crippen LogP contribution in [0.3, 0.4) is 0 Å². The van der Waals surface area contributed by atoms with Crippen LogP contribution in [0.5, 0.6) is 0 Å². The van der Waals surface area contributed by atoms with Crippen LogP contribution in [0.1, 0.15) is 16.7 Å². The highest BCUT2D eigenvalue weighted by Crippen LogP contribution is 2.36. The predicted octanol–water partition coefficient (Wildman–Crippen LogP) is 3.17. The summed E-state index contributed by atoms with van der Waals surface area (Å²) in [7, 11) is 1.69. The number of aliphatic hydroxyl groups is 1. The molecule has 6 heteroatoms. The first-order valence-corrected chi connectivity index (χ1v) is 9.01. The number of imide groups is 1. The van der Waals surface area contributed by atoms with Crippen LogP contribution < -0.4 is 4.90 Å². The van der Waals surface area contributed by atoms with Crippen molar-refractivity contribution in [3.8, 4) is 0 Å². The molecule has 3 rings (SSSR count). The van der Waals surface area contributed by atoms with E-state index in [1.54, 1.807) is 42.3 Å². The van der Waals surface area contributed by atoms with Crippen molar-refractivity contribution < 1.29 is 14.7 Å². The molecule has 0 fully saturated rings. The number of anilines is 1. The Labute approximate surface area is 163 Å². The number of hydrogen-bond donors (Lipinski definition) is 1. The van der Waals surface area contributed by atoms with E-state index in [9.17, 15) is 14.7 Å². The van der Waals surface area contributed by atoms with Gasteiger partial charge in [-0.1, -0.05) is 35.9 Å². The van der Waals surface area contributed by atoms with Gasteiger partial charge in [-0.25, -0.2) is 4.90 Å². The fourth-order valence-corrected chi connectivity index (χ4v) is 3.33. The van der Waals surface area contributed by atoms with Gasteiger partial charge in [0.25, 0.3) is 11.8 Å². The Morgan fingerprint density at radius 3 is 2.33 bits per heavy atom. The summed E-state index contributed by atoms with van der Waals surface area (Å²) in [4.78, 5) is 29.4. The molecule has 2 aromatic carbocycles. The van der Waals surface area contributed by atoms with E-state index < -0.39 is 5.91 Å². The van der Waals surface area contributed by atoms with Crippen LogP contribution in [0.25, 0.3) is 5.57 Å². The molecule has 0 aliphatic carbocycles. The molecule has 140 valence electrons. The van der Waals surface area contributed by atoms with Gasteiger partial charge in [-0.3, -0.25) is 9.59 Å². The first-order chi connectivity index (χ1) is 12.9. The van der Waals surface area contributed by atoms with Gasteiger partial charge in [-0.15, -0.1) is 0 Å². The molecule has 27 heavy (non-hydrogen) atoms. The molecule has 0 unspecified atom stereocenters. The van der Waals surface area contributed by atoms with Crippen molar-refractivity contribution in [1.29, 1.82) is 0 Å². The lowest BCUT2D eigenvalue weighted by Crippen LogP contribution is -2.35. The summed E-state index contributed by atoms with van der Waals surface area (Å²) >= 11 is 5.97. The molecular weight excluding hydrogens is 364 g/mol. The molecule has 1 heterocycles. The normalized spacial score (nSPS) is 14.3. The second-order valence-corrected chi connectivity index (χ2v) is 6.98. The Balaban J connectivity index is 2.16. The zero-order chi connectivity index (χ0) is 19.7. The fraction of sp³-hybridized carbons (Fsp3) is 0.238. The first-order valence-electron chi connectivity index (χ1n) is 8.64. The highest BCUT2D eigenvalue weighted by Gasteiger charge is 2.42. The number of aliphatic hydroxyl groups excluding tert-OH is 1. The molecule has 2 aromatic rings. The monoisotopic (exact) mass is 384 g/mol. The van der Waals surface area contributed by atoms with Crippen LogP contribution in [0.2, 0.25) is 5.02 Å². The van der Waals surface area contributed by atoms with Crippen LogP contribution in [0, 0.1) is 13.8 Å². The number of carbonyl (C=O) groups excluding carboxylic acids is 2. The number of aryl methyl sites for hydroxylation is 1. The van der Waals surface area contributed by atoms with Crippen LogP contribution >= 0.6 is 11.6 Å². The number of carbonyl (C=O) groups is 2. The summed E-state index contributed by atoms with van der Waals surface area (Å²) < 4.78 is 0. The molecule has 0 bridgehead atoms. The van der Waals surface area contributed by atoms with Gasteiger partial charge >= 0.3 is 0 Å². The summed E-state index contributed by atoms with van der Waals surface area (Å²) in [6.07, 6.45) is 0. The number of benzene rings is 2. The molecular formula is C21H21ClN2O3. The SMILES string of the molecule is Cc1cccc(N2C(=O)C(c3ccc(Cl)cc3)=C(N(C)CCO)C2=O)c1C. The van der Waals surface area contributed by atoms with Gasteiger partial charge in [0.1, 0.15) is 5.70 Å². The van der Waals surface area contributed by atoms with Crippen LogP contribution in [0.15, 0.2) is 48.2 Å². The smallest absolute Gasteiger partial charge is 0.282 e. The lowest BCUT2D eigenvalue weighted by atomic mass is 10.0. The van der Waals surface area contributed by atoms with Gasteiger partial charge in [0.2, 0.25) is 0 Å². The van der Waals surface area contributed by atoms with E-state index in [0.717, 1.165) is 11.1 Å². The van der Waals surface area contributed by atoms with Gasteiger partial charge < -0.3 is 10.0 Å². The summed E-state index contributed by atoms with van der Waals surface area (Å²) in [5.74, 6) is -0.773. The molecule has 0 radical (unpaired) electrons. The third kappa shape index (κ3) is 3.36. The van der Waals surface area contributed by atoms with E-state index in [-0.39, 0.29) is 24.8 Å². The van der Waals surface area contributed by atoms with Gasteiger partial charge in [0.15, 0.2) is 0 Å². The van der Waals surface area contributed by atoms with Crippen molar-refractivity contribution in [1.82, 2.24) is 4.90 Å². The van der Waals surface area contributed by atoms with E-state index in [1.807, 2.05) is 26.0 Å². The molecule has 1 aliphatic rings. The topological polar surface area (TPSA) is 60.9 Å². The maximum Gasteiger partial charge on any atom is 0.282 e. The largest absolute Gasteiger partial charge is 0.395 e. The first kappa shape index (κ1) is 19.1. The lowest BCUT2D eigenvalue weighted by Gasteiger charge is -2.21. The summed E-state index contributed by atoms with van der Waals surface area (Å²) in [5, 5.41) is 9.86. The standard InChI is InChI=1S/C21H21ClN2O3/c1-13-5-4-6-17(14(13)2)24-20(26)18(15-7-9-16(22)10-8-15)19(21(24)27)23(3)11-12-25/h4-10,25H,11-12H2,1-3H3. The van der Waals surface area contributed by atoms with E-state index in [4.69, 9.17) is 11.6 Å². The molecule has 0 saturated heterocycles.